The van der Waals surface area contributed by atoms with Gasteiger partial charge >= 0.3 is 11.9 Å². The molecule has 0 fully saturated rings. The standard InChI is InChI=1S/C24H48O2.C16H32O2/c1-5-9-12-14-15-17-20-23(19-16-13-10-6-2)24(25)26-21-22(8-4)18-11-7-3;1-2-3-4-5-6-7-8-9-10-11-12-13-14-15-16(17)18/h22-23H,5-21H2,1-4H3;2-15H2,1H3,(H,17,18). The number of rotatable bonds is 33. The Labute approximate surface area is 276 Å². The first-order valence-corrected chi connectivity index (χ1v) is 19.8. The van der Waals surface area contributed by atoms with Crippen molar-refractivity contribution in [3.63, 3.8) is 0 Å². The molecule has 4 nitrogen and oxygen atoms in total. The number of carboxylic acid groups (broad SMARTS) is 1. The van der Waals surface area contributed by atoms with Crippen molar-refractivity contribution in [2.75, 3.05) is 6.61 Å². The SMILES string of the molecule is CCCCCCCCC(CCCCCC)C(=O)OCC(CC)CCCC.CCCCCCCCCCCCCCCC(=O)O. The summed E-state index contributed by atoms with van der Waals surface area (Å²) >= 11 is 0. The minimum absolute atomic E-state index is 0.0880. The molecule has 0 spiro atoms. The van der Waals surface area contributed by atoms with E-state index in [-0.39, 0.29) is 11.9 Å². The van der Waals surface area contributed by atoms with E-state index < -0.39 is 5.97 Å². The van der Waals surface area contributed by atoms with Gasteiger partial charge in [0.1, 0.15) is 0 Å². The summed E-state index contributed by atoms with van der Waals surface area (Å²) in [6, 6.07) is 0. The number of carbonyl (C=O) groups excluding carboxylic acids is 1. The zero-order valence-electron chi connectivity index (χ0n) is 30.7. The number of ether oxygens (including phenoxy) is 1. The maximum Gasteiger partial charge on any atom is 0.308 e. The zero-order valence-corrected chi connectivity index (χ0v) is 30.7. The monoisotopic (exact) mass is 625 g/mol. The van der Waals surface area contributed by atoms with Gasteiger partial charge in [0.2, 0.25) is 0 Å². The summed E-state index contributed by atoms with van der Waals surface area (Å²) in [5, 5.41) is 8.49. The van der Waals surface area contributed by atoms with Crippen LogP contribution in [0.5, 0.6) is 0 Å². The summed E-state index contributed by atoms with van der Waals surface area (Å²) in [7, 11) is 0. The summed E-state index contributed by atoms with van der Waals surface area (Å²) in [6.45, 7) is 11.8. The fourth-order valence-electron chi connectivity index (χ4n) is 5.88. The van der Waals surface area contributed by atoms with Gasteiger partial charge in [-0.2, -0.15) is 0 Å². The Balaban J connectivity index is 0. The van der Waals surface area contributed by atoms with Crippen LogP contribution >= 0.6 is 0 Å². The number of esters is 1. The molecule has 0 aliphatic carbocycles. The molecule has 264 valence electrons. The summed E-state index contributed by atoms with van der Waals surface area (Å²) in [4.78, 5) is 22.9. The molecule has 0 rings (SSSR count). The first-order chi connectivity index (χ1) is 21.5. The van der Waals surface area contributed by atoms with Gasteiger partial charge in [-0.15, -0.1) is 0 Å². The molecule has 0 aromatic rings. The van der Waals surface area contributed by atoms with Crippen LogP contribution in [0.1, 0.15) is 227 Å². The zero-order chi connectivity index (χ0) is 32.9. The molecule has 2 unspecified atom stereocenters. The second-order valence-electron chi connectivity index (χ2n) is 13.5. The van der Waals surface area contributed by atoms with Crippen molar-refractivity contribution in [2.45, 2.75) is 227 Å². The first-order valence-electron chi connectivity index (χ1n) is 19.8. The van der Waals surface area contributed by atoms with Crippen LogP contribution < -0.4 is 0 Å². The predicted molar refractivity (Wildman–Crippen MR) is 192 cm³/mol. The normalized spacial score (nSPS) is 12.4. The number of aliphatic carboxylic acids is 1. The minimum atomic E-state index is -0.655. The highest BCUT2D eigenvalue weighted by atomic mass is 16.5. The number of carbonyl (C=O) groups is 2. The van der Waals surface area contributed by atoms with Crippen LogP contribution in [-0.2, 0) is 14.3 Å². The predicted octanol–water partition coefficient (Wildman–Crippen LogP) is 13.6. The largest absolute Gasteiger partial charge is 0.481 e. The third-order valence-electron chi connectivity index (χ3n) is 9.14. The van der Waals surface area contributed by atoms with E-state index in [4.69, 9.17) is 9.84 Å². The summed E-state index contributed by atoms with van der Waals surface area (Å²) in [6.07, 6.45) is 36.8. The molecule has 0 saturated heterocycles. The Hall–Kier alpha value is -1.06. The Morgan fingerprint density at radius 2 is 0.841 bits per heavy atom. The maximum absolute atomic E-state index is 12.6. The number of hydrogen-bond acceptors (Lipinski definition) is 3. The smallest absolute Gasteiger partial charge is 0.308 e. The topological polar surface area (TPSA) is 63.6 Å². The second-order valence-corrected chi connectivity index (χ2v) is 13.5. The van der Waals surface area contributed by atoms with E-state index >= 15 is 0 Å². The highest BCUT2D eigenvalue weighted by Gasteiger charge is 2.20. The lowest BCUT2D eigenvalue weighted by atomic mass is 9.94. The second kappa shape index (κ2) is 38.1. The van der Waals surface area contributed by atoms with Crippen LogP contribution in [0.15, 0.2) is 0 Å². The molecular formula is C40H80O4. The van der Waals surface area contributed by atoms with Gasteiger partial charge in [-0.05, 0) is 31.6 Å². The van der Waals surface area contributed by atoms with Gasteiger partial charge in [0.15, 0.2) is 0 Å². The third kappa shape index (κ3) is 35.4. The van der Waals surface area contributed by atoms with E-state index in [0.29, 0.717) is 18.9 Å². The maximum atomic E-state index is 12.6. The van der Waals surface area contributed by atoms with Crippen molar-refractivity contribution in [3.8, 4) is 0 Å². The Morgan fingerprint density at radius 1 is 0.477 bits per heavy atom. The van der Waals surface area contributed by atoms with Gasteiger partial charge in [0.05, 0.1) is 12.5 Å². The van der Waals surface area contributed by atoms with Gasteiger partial charge in [0.25, 0.3) is 0 Å². The van der Waals surface area contributed by atoms with Crippen LogP contribution in [0.4, 0.5) is 0 Å². The number of unbranched alkanes of at least 4 members (excludes halogenated alkanes) is 21. The van der Waals surface area contributed by atoms with Gasteiger partial charge in [0, 0.05) is 6.42 Å². The van der Waals surface area contributed by atoms with Crippen LogP contribution in [0, 0.1) is 11.8 Å². The molecule has 1 N–H and O–H groups in total. The average Bonchev–Trinajstić information content (AvgIpc) is 3.02. The van der Waals surface area contributed by atoms with Gasteiger partial charge in [-0.3, -0.25) is 9.59 Å². The molecule has 0 aromatic carbocycles. The molecule has 44 heavy (non-hydrogen) atoms. The summed E-state index contributed by atoms with van der Waals surface area (Å²) < 4.78 is 5.77. The first kappa shape index (κ1) is 45.1. The third-order valence-corrected chi connectivity index (χ3v) is 9.14. The molecule has 0 aliphatic rings. The van der Waals surface area contributed by atoms with Crippen molar-refractivity contribution < 1.29 is 19.4 Å². The molecule has 0 aromatic heterocycles. The van der Waals surface area contributed by atoms with Gasteiger partial charge in [-0.25, -0.2) is 0 Å². The lowest BCUT2D eigenvalue weighted by molar-refractivity contribution is -0.150. The molecule has 0 bridgehead atoms. The Kier molecular flexibility index (Phi) is 39.0. The van der Waals surface area contributed by atoms with Crippen LogP contribution in [0.25, 0.3) is 0 Å². The van der Waals surface area contributed by atoms with E-state index in [1.165, 1.54) is 154 Å². The lowest BCUT2D eigenvalue weighted by Crippen LogP contribution is -2.21. The molecule has 0 amide bonds. The number of hydrogen-bond donors (Lipinski definition) is 1. The molecule has 4 heteroatoms. The van der Waals surface area contributed by atoms with E-state index in [9.17, 15) is 9.59 Å². The molecule has 2 atom stereocenters. The van der Waals surface area contributed by atoms with Crippen molar-refractivity contribution >= 4 is 11.9 Å². The molecule has 0 saturated carbocycles. The lowest BCUT2D eigenvalue weighted by Gasteiger charge is -2.19. The van der Waals surface area contributed by atoms with Crippen LogP contribution in [0.3, 0.4) is 0 Å². The highest BCUT2D eigenvalue weighted by molar-refractivity contribution is 5.72. The summed E-state index contributed by atoms with van der Waals surface area (Å²) in [5.41, 5.74) is 0. The molecule has 0 heterocycles. The minimum Gasteiger partial charge on any atom is -0.481 e. The van der Waals surface area contributed by atoms with Crippen molar-refractivity contribution in [1.82, 2.24) is 0 Å². The van der Waals surface area contributed by atoms with E-state index in [2.05, 4.69) is 34.6 Å². The van der Waals surface area contributed by atoms with Crippen LogP contribution in [0.2, 0.25) is 0 Å². The fraction of sp³-hybridized carbons (Fsp3) is 0.950. The van der Waals surface area contributed by atoms with Crippen LogP contribution in [-0.4, -0.2) is 23.7 Å². The molecule has 0 aliphatic heterocycles. The molecule has 0 radical (unpaired) electrons. The average molecular weight is 625 g/mol. The summed E-state index contributed by atoms with van der Waals surface area (Å²) in [5.74, 6) is 0.124. The van der Waals surface area contributed by atoms with E-state index in [1.807, 2.05) is 0 Å². The van der Waals surface area contributed by atoms with Crippen molar-refractivity contribution in [3.05, 3.63) is 0 Å². The van der Waals surface area contributed by atoms with Crippen molar-refractivity contribution in [1.29, 1.82) is 0 Å². The van der Waals surface area contributed by atoms with E-state index in [1.54, 1.807) is 0 Å². The fourth-order valence-corrected chi connectivity index (χ4v) is 5.88. The number of carboxylic acids is 1. The van der Waals surface area contributed by atoms with Crippen molar-refractivity contribution in [2.24, 2.45) is 11.8 Å². The van der Waals surface area contributed by atoms with Gasteiger partial charge < -0.3 is 9.84 Å². The van der Waals surface area contributed by atoms with Gasteiger partial charge in [-0.1, -0.05) is 195 Å². The Morgan fingerprint density at radius 3 is 1.23 bits per heavy atom. The quantitative estimate of drug-likeness (QED) is 0.0583. The Bertz CT molecular complexity index is 576. The highest BCUT2D eigenvalue weighted by Crippen LogP contribution is 2.22. The molecular weight excluding hydrogens is 544 g/mol. The van der Waals surface area contributed by atoms with E-state index in [0.717, 1.165) is 32.1 Å².